The maximum atomic E-state index is 11.8. The van der Waals surface area contributed by atoms with Gasteiger partial charge >= 0.3 is 12.1 Å². The average Bonchev–Trinajstić information content (AvgIpc) is 2.94. The summed E-state index contributed by atoms with van der Waals surface area (Å²) in [6.07, 6.45) is 2.30. The number of carbonyl (C=O) groups is 2. The first-order valence-electron chi connectivity index (χ1n) is 6.88. The number of benzene rings is 1. The van der Waals surface area contributed by atoms with E-state index in [0.717, 1.165) is 19.3 Å². The third kappa shape index (κ3) is 3.73. The maximum absolute atomic E-state index is 11.8. The minimum absolute atomic E-state index is 0.316. The van der Waals surface area contributed by atoms with Gasteiger partial charge in [-0.15, -0.1) is 0 Å². The maximum Gasteiger partial charge on any atom is 0.410 e. The van der Waals surface area contributed by atoms with Crippen LogP contribution >= 0.6 is 0 Å². The van der Waals surface area contributed by atoms with Crippen molar-refractivity contribution in [2.24, 2.45) is 0 Å². The van der Waals surface area contributed by atoms with E-state index in [-0.39, 0.29) is 0 Å². The van der Waals surface area contributed by atoms with Gasteiger partial charge in [0.1, 0.15) is 6.04 Å². The smallest absolute Gasteiger partial charge is 0.410 e. The van der Waals surface area contributed by atoms with Crippen LogP contribution in [0, 0.1) is 0 Å². The fraction of sp³-hybridized carbons (Fsp3) is 0.467. The van der Waals surface area contributed by atoms with Crippen LogP contribution in [0.25, 0.3) is 0 Å². The molecule has 1 aliphatic heterocycles. The Morgan fingerprint density at radius 2 is 2.05 bits per heavy atom. The van der Waals surface area contributed by atoms with Crippen molar-refractivity contribution in [1.82, 2.24) is 4.90 Å². The van der Waals surface area contributed by atoms with Crippen molar-refractivity contribution in [2.75, 3.05) is 13.2 Å². The summed E-state index contributed by atoms with van der Waals surface area (Å²) in [4.78, 5) is 24.1. The molecule has 1 amide bonds. The van der Waals surface area contributed by atoms with Crippen molar-refractivity contribution in [2.45, 2.75) is 31.7 Å². The summed E-state index contributed by atoms with van der Waals surface area (Å²) in [5.74, 6) is -0.955. The standard InChI is InChI=1S/C15H19NO4/c17-14(18)13-9-4-10-16(13)15(19)20-11-5-8-12-6-2-1-3-7-12/h1-3,6-7,13H,4-5,8-11H2,(H,17,18)/t13-/m0/s1. The van der Waals surface area contributed by atoms with E-state index >= 15 is 0 Å². The largest absolute Gasteiger partial charge is 0.480 e. The van der Waals surface area contributed by atoms with Crippen molar-refractivity contribution in [3.05, 3.63) is 35.9 Å². The van der Waals surface area contributed by atoms with Crippen LogP contribution in [0.15, 0.2) is 30.3 Å². The SMILES string of the molecule is O=C(O)[C@@H]1CCCN1C(=O)OCCCc1ccccc1. The number of nitrogens with zero attached hydrogens (tertiary/aromatic N) is 1. The van der Waals surface area contributed by atoms with Crippen LogP contribution in [0.3, 0.4) is 0 Å². The number of carbonyl (C=O) groups excluding carboxylic acids is 1. The molecule has 1 N–H and O–H groups in total. The second-order valence-electron chi connectivity index (χ2n) is 4.89. The fourth-order valence-corrected chi connectivity index (χ4v) is 2.41. The van der Waals surface area contributed by atoms with E-state index < -0.39 is 18.1 Å². The molecule has 0 spiro atoms. The summed E-state index contributed by atoms with van der Waals surface area (Å²) >= 11 is 0. The van der Waals surface area contributed by atoms with Gasteiger partial charge in [0.05, 0.1) is 6.61 Å². The average molecular weight is 277 g/mol. The molecule has 0 unspecified atom stereocenters. The number of rotatable bonds is 5. The molecule has 1 fully saturated rings. The summed E-state index contributed by atoms with van der Waals surface area (Å²) in [5.41, 5.74) is 1.20. The lowest BCUT2D eigenvalue weighted by molar-refractivity contribution is -0.141. The molecule has 2 rings (SSSR count). The first-order valence-corrected chi connectivity index (χ1v) is 6.88. The highest BCUT2D eigenvalue weighted by atomic mass is 16.6. The number of aryl methyl sites for hydroxylation is 1. The Labute approximate surface area is 118 Å². The predicted octanol–water partition coefficient (Wildman–Crippen LogP) is 2.30. The van der Waals surface area contributed by atoms with Crippen LogP contribution in [0.5, 0.6) is 0 Å². The predicted molar refractivity (Wildman–Crippen MR) is 73.5 cm³/mol. The molecule has 1 saturated heterocycles. The van der Waals surface area contributed by atoms with E-state index in [2.05, 4.69) is 0 Å². The van der Waals surface area contributed by atoms with Crippen LogP contribution in [-0.2, 0) is 16.0 Å². The van der Waals surface area contributed by atoms with Gasteiger partial charge in [-0.25, -0.2) is 9.59 Å². The van der Waals surface area contributed by atoms with Crippen molar-refractivity contribution in [1.29, 1.82) is 0 Å². The minimum Gasteiger partial charge on any atom is -0.480 e. The fourth-order valence-electron chi connectivity index (χ4n) is 2.41. The number of amides is 1. The number of aliphatic carboxylic acids is 1. The second-order valence-corrected chi connectivity index (χ2v) is 4.89. The van der Waals surface area contributed by atoms with E-state index in [0.29, 0.717) is 19.6 Å². The number of hydrogen-bond donors (Lipinski definition) is 1. The third-order valence-corrected chi connectivity index (χ3v) is 3.45. The van der Waals surface area contributed by atoms with Crippen LogP contribution in [0.4, 0.5) is 4.79 Å². The summed E-state index contributed by atoms with van der Waals surface area (Å²) in [5, 5.41) is 9.00. The van der Waals surface area contributed by atoms with Crippen LogP contribution in [0.2, 0.25) is 0 Å². The van der Waals surface area contributed by atoms with Gasteiger partial charge in [0.25, 0.3) is 0 Å². The molecule has 5 nitrogen and oxygen atoms in total. The number of ether oxygens (including phenoxy) is 1. The molecule has 0 radical (unpaired) electrons. The monoisotopic (exact) mass is 277 g/mol. The van der Waals surface area contributed by atoms with Crippen LogP contribution in [0.1, 0.15) is 24.8 Å². The molecule has 0 saturated carbocycles. The van der Waals surface area contributed by atoms with Gasteiger partial charge in [-0.3, -0.25) is 4.90 Å². The van der Waals surface area contributed by atoms with Crippen LogP contribution < -0.4 is 0 Å². The summed E-state index contributed by atoms with van der Waals surface area (Å²) in [7, 11) is 0. The molecule has 20 heavy (non-hydrogen) atoms. The van der Waals surface area contributed by atoms with Crippen molar-refractivity contribution < 1.29 is 19.4 Å². The number of carboxylic acid groups (broad SMARTS) is 1. The molecule has 1 atom stereocenters. The summed E-state index contributed by atoms with van der Waals surface area (Å²) in [6, 6.07) is 9.25. The van der Waals surface area contributed by atoms with Crippen molar-refractivity contribution in [3.63, 3.8) is 0 Å². The lowest BCUT2D eigenvalue weighted by Gasteiger charge is -2.20. The first-order chi connectivity index (χ1) is 9.68. The van der Waals surface area contributed by atoms with E-state index in [1.165, 1.54) is 10.5 Å². The molecule has 1 aromatic rings. The van der Waals surface area contributed by atoms with E-state index in [4.69, 9.17) is 9.84 Å². The molecule has 108 valence electrons. The van der Waals surface area contributed by atoms with E-state index in [1.54, 1.807) is 0 Å². The zero-order valence-corrected chi connectivity index (χ0v) is 11.3. The minimum atomic E-state index is -0.955. The summed E-state index contributed by atoms with van der Waals surface area (Å²) < 4.78 is 5.15. The number of likely N-dealkylation sites (tertiary alicyclic amines) is 1. The Balaban J connectivity index is 1.71. The Morgan fingerprint density at radius 3 is 2.75 bits per heavy atom. The molecular weight excluding hydrogens is 258 g/mol. The van der Waals surface area contributed by atoms with Gasteiger partial charge < -0.3 is 9.84 Å². The molecule has 0 aliphatic carbocycles. The molecule has 1 heterocycles. The van der Waals surface area contributed by atoms with Crippen molar-refractivity contribution in [3.8, 4) is 0 Å². The topological polar surface area (TPSA) is 66.8 Å². The molecule has 0 aromatic heterocycles. The van der Waals surface area contributed by atoms with Gasteiger partial charge in [0, 0.05) is 6.54 Å². The normalized spacial score (nSPS) is 18.0. The van der Waals surface area contributed by atoms with E-state index in [1.807, 2.05) is 30.3 Å². The second kappa shape index (κ2) is 6.93. The lowest BCUT2D eigenvalue weighted by atomic mass is 10.1. The highest BCUT2D eigenvalue weighted by Crippen LogP contribution is 2.18. The Kier molecular flexibility index (Phi) is 4.98. The zero-order valence-electron chi connectivity index (χ0n) is 11.3. The summed E-state index contributed by atoms with van der Waals surface area (Å²) in [6.45, 7) is 0.783. The highest BCUT2D eigenvalue weighted by molar-refractivity contribution is 5.80. The van der Waals surface area contributed by atoms with Crippen molar-refractivity contribution >= 4 is 12.1 Å². The van der Waals surface area contributed by atoms with Gasteiger partial charge in [0.2, 0.25) is 0 Å². The quantitative estimate of drug-likeness (QED) is 0.839. The lowest BCUT2D eigenvalue weighted by Crippen LogP contribution is -2.40. The Morgan fingerprint density at radius 1 is 1.30 bits per heavy atom. The number of carboxylic acids is 1. The van der Waals surface area contributed by atoms with Gasteiger partial charge in [-0.2, -0.15) is 0 Å². The molecule has 1 aliphatic rings. The Bertz CT molecular complexity index is 460. The van der Waals surface area contributed by atoms with E-state index in [9.17, 15) is 9.59 Å². The van der Waals surface area contributed by atoms with Crippen LogP contribution in [-0.4, -0.2) is 41.3 Å². The molecule has 5 heteroatoms. The molecule has 0 bridgehead atoms. The highest BCUT2D eigenvalue weighted by Gasteiger charge is 2.34. The molecular formula is C15H19NO4. The third-order valence-electron chi connectivity index (χ3n) is 3.45. The number of hydrogen-bond acceptors (Lipinski definition) is 3. The first kappa shape index (κ1) is 14.4. The van der Waals surface area contributed by atoms with Gasteiger partial charge in [-0.05, 0) is 31.2 Å². The van der Waals surface area contributed by atoms with Gasteiger partial charge in [-0.1, -0.05) is 30.3 Å². The van der Waals surface area contributed by atoms with Gasteiger partial charge in [0.15, 0.2) is 0 Å². The Hall–Kier alpha value is -2.04. The zero-order chi connectivity index (χ0) is 14.4. The molecule has 1 aromatic carbocycles.